The first-order chi connectivity index (χ1) is 20.3. The molecule has 10 heteroatoms. The molecule has 0 N–H and O–H groups in total. The summed E-state index contributed by atoms with van der Waals surface area (Å²) in [6.07, 6.45) is 0. The maximum Gasteiger partial charge on any atom is 0.161 e. The fourth-order valence-corrected chi connectivity index (χ4v) is 14.6. The van der Waals surface area contributed by atoms with Crippen molar-refractivity contribution in [2.24, 2.45) is 0 Å². The van der Waals surface area contributed by atoms with Crippen LogP contribution in [0.15, 0.2) is 75.3 Å². The van der Waals surface area contributed by atoms with E-state index in [4.69, 9.17) is 8.83 Å². The van der Waals surface area contributed by atoms with Crippen LogP contribution in [-0.2, 0) is 0 Å². The summed E-state index contributed by atoms with van der Waals surface area (Å²) in [6.45, 7) is 4.27. The van der Waals surface area contributed by atoms with Crippen molar-refractivity contribution in [1.82, 2.24) is 0 Å². The van der Waals surface area contributed by atoms with Crippen molar-refractivity contribution in [3.8, 4) is 19.5 Å². The molecule has 2 nitrogen and oxygen atoms in total. The highest BCUT2D eigenvalue weighted by Crippen LogP contribution is 2.55. The van der Waals surface area contributed by atoms with Crippen molar-refractivity contribution in [2.75, 3.05) is 0 Å². The van der Waals surface area contributed by atoms with Crippen LogP contribution >= 0.6 is 109 Å². The lowest BCUT2D eigenvalue weighted by atomic mass is 10.2. The van der Waals surface area contributed by atoms with E-state index in [1.54, 1.807) is 45.3 Å². The third-order valence-electron chi connectivity index (χ3n) is 7.60. The SMILES string of the molecule is Cc1ccc2c(Br)c(-c3sc4c(oc5cc6c(cc54)oc4c(Br)c(-c5sc7cc(C)ccc7c5Br)sc46)c3Br)sc2c1. The summed E-state index contributed by atoms with van der Waals surface area (Å²) in [6, 6.07) is 17.5. The number of halogens is 4. The number of aryl methyl sites for hydroxylation is 2. The predicted molar refractivity (Wildman–Crippen MR) is 199 cm³/mol. The average molecular weight is 878 g/mol. The Balaban J connectivity index is 1.22. The van der Waals surface area contributed by atoms with E-state index >= 15 is 0 Å². The minimum atomic E-state index is 0.870. The van der Waals surface area contributed by atoms with Gasteiger partial charge < -0.3 is 8.83 Å². The molecule has 0 bridgehead atoms. The fourth-order valence-electron chi connectivity index (χ4n) is 5.56. The van der Waals surface area contributed by atoms with E-state index in [0.29, 0.717) is 0 Å². The van der Waals surface area contributed by atoms with E-state index in [2.05, 4.69) is 126 Å². The molecule has 0 aliphatic heterocycles. The van der Waals surface area contributed by atoms with Gasteiger partial charge in [0, 0.05) is 39.9 Å². The summed E-state index contributed by atoms with van der Waals surface area (Å²) >= 11 is 22.7. The second kappa shape index (κ2) is 9.50. The molecule has 6 aromatic heterocycles. The zero-order valence-electron chi connectivity index (χ0n) is 21.6. The highest BCUT2D eigenvalue weighted by atomic mass is 79.9. The van der Waals surface area contributed by atoms with E-state index in [1.165, 1.54) is 50.8 Å². The molecule has 0 aliphatic rings. The van der Waals surface area contributed by atoms with Crippen LogP contribution < -0.4 is 0 Å². The van der Waals surface area contributed by atoms with E-state index in [1.807, 2.05) is 0 Å². The molecule has 0 fully saturated rings. The normalized spacial score (nSPS) is 12.5. The largest absolute Gasteiger partial charge is 0.454 e. The van der Waals surface area contributed by atoms with Crippen molar-refractivity contribution in [2.45, 2.75) is 13.8 Å². The summed E-state index contributed by atoms with van der Waals surface area (Å²) in [5, 5.41) is 4.62. The van der Waals surface area contributed by atoms with E-state index < -0.39 is 0 Å². The van der Waals surface area contributed by atoms with Gasteiger partial charge in [-0.2, -0.15) is 0 Å². The van der Waals surface area contributed by atoms with Gasteiger partial charge in [-0.05, 0) is 113 Å². The Hall–Kier alpha value is -1.50. The Morgan fingerprint density at radius 1 is 0.476 bits per heavy atom. The van der Waals surface area contributed by atoms with Gasteiger partial charge in [-0.25, -0.2) is 0 Å². The number of hydrogen-bond acceptors (Lipinski definition) is 6. The Bertz CT molecular complexity index is 2420. The molecule has 0 aliphatic carbocycles. The lowest BCUT2D eigenvalue weighted by molar-refractivity contribution is 0.663. The van der Waals surface area contributed by atoms with Gasteiger partial charge in [0.15, 0.2) is 11.2 Å². The van der Waals surface area contributed by atoms with Gasteiger partial charge in [-0.15, -0.1) is 45.3 Å². The Labute approximate surface area is 288 Å². The van der Waals surface area contributed by atoms with Gasteiger partial charge in [0.1, 0.15) is 11.2 Å². The van der Waals surface area contributed by atoms with Crippen LogP contribution in [-0.4, -0.2) is 0 Å². The van der Waals surface area contributed by atoms with Gasteiger partial charge in [-0.1, -0.05) is 24.3 Å². The van der Waals surface area contributed by atoms with Crippen LogP contribution in [0.2, 0.25) is 0 Å². The topological polar surface area (TPSA) is 26.3 Å². The number of thiophene rings is 4. The molecule has 0 saturated heterocycles. The second-order valence-corrected chi connectivity index (χ2v) is 17.7. The smallest absolute Gasteiger partial charge is 0.161 e. The number of rotatable bonds is 2. The van der Waals surface area contributed by atoms with Gasteiger partial charge in [-0.3, -0.25) is 0 Å². The lowest BCUT2D eigenvalue weighted by Crippen LogP contribution is -1.70. The monoisotopic (exact) mass is 874 g/mol. The molecular formula is C32H14Br4O2S4. The molecule has 0 saturated carbocycles. The number of furan rings is 2. The third-order valence-corrected chi connectivity index (χ3v) is 16.8. The quantitative estimate of drug-likeness (QED) is 0.173. The minimum absolute atomic E-state index is 0.870. The van der Waals surface area contributed by atoms with Gasteiger partial charge in [0.2, 0.25) is 0 Å². The van der Waals surface area contributed by atoms with Crippen LogP contribution in [0.5, 0.6) is 0 Å². The molecule has 0 spiro atoms. The fraction of sp³-hybridized carbons (Fsp3) is 0.0625. The molecule has 42 heavy (non-hydrogen) atoms. The summed E-state index contributed by atoms with van der Waals surface area (Å²) in [5.74, 6) is 0. The van der Waals surface area contributed by atoms with E-state index in [-0.39, 0.29) is 0 Å². The maximum atomic E-state index is 6.54. The average Bonchev–Trinajstić information content (AvgIpc) is 3.78. The highest BCUT2D eigenvalue weighted by molar-refractivity contribution is 9.11. The van der Waals surface area contributed by atoms with Crippen molar-refractivity contribution in [1.29, 1.82) is 0 Å². The molecule has 3 aromatic carbocycles. The van der Waals surface area contributed by atoms with E-state index in [0.717, 1.165) is 60.4 Å². The van der Waals surface area contributed by atoms with E-state index in [9.17, 15) is 0 Å². The van der Waals surface area contributed by atoms with Crippen molar-refractivity contribution in [3.63, 3.8) is 0 Å². The number of hydrogen-bond donors (Lipinski definition) is 0. The molecule has 9 aromatic rings. The standard InChI is InChI=1S/C32H14Br4O2S4/c1-11-3-5-13-19(7-11)39-29(21(13)33)31-23(35)25-27(41-31)15-9-18-16(10-17(15)37-25)28-26(38-18)24(36)32(42-28)30-22(34)14-6-4-12(2)8-20(14)40-30/h3-10H,1-2H3. The van der Waals surface area contributed by atoms with Crippen LogP contribution in [0, 0.1) is 13.8 Å². The summed E-state index contributed by atoms with van der Waals surface area (Å²) in [7, 11) is 0. The highest BCUT2D eigenvalue weighted by Gasteiger charge is 2.26. The molecule has 6 heterocycles. The number of benzene rings is 3. The third kappa shape index (κ3) is 3.73. The predicted octanol–water partition coefficient (Wildman–Crippen LogP) is 15.0. The second-order valence-electron chi connectivity index (χ2n) is 10.3. The molecule has 0 unspecified atom stereocenters. The van der Waals surface area contributed by atoms with Gasteiger partial charge in [0.05, 0.1) is 37.9 Å². The Morgan fingerprint density at radius 3 is 1.31 bits per heavy atom. The van der Waals surface area contributed by atoms with Crippen molar-refractivity contribution < 1.29 is 8.83 Å². The number of fused-ring (bicyclic) bond motifs is 8. The van der Waals surface area contributed by atoms with Crippen LogP contribution in [0.4, 0.5) is 0 Å². The van der Waals surface area contributed by atoms with Crippen molar-refractivity contribution in [3.05, 3.63) is 77.5 Å². The molecule has 206 valence electrons. The molecule has 9 rings (SSSR count). The Kier molecular flexibility index (Phi) is 6.08. The summed E-state index contributed by atoms with van der Waals surface area (Å²) < 4.78 is 22.1. The minimum Gasteiger partial charge on any atom is -0.454 e. The molecule has 0 atom stereocenters. The lowest BCUT2D eigenvalue weighted by Gasteiger charge is -1.97. The molecule has 0 radical (unpaired) electrons. The first-order valence-corrected chi connectivity index (χ1v) is 19.3. The maximum absolute atomic E-state index is 6.54. The summed E-state index contributed by atoms with van der Waals surface area (Å²) in [4.78, 5) is 4.78. The zero-order chi connectivity index (χ0) is 28.6. The molecular weight excluding hydrogens is 864 g/mol. The van der Waals surface area contributed by atoms with Crippen molar-refractivity contribution >= 4 is 172 Å². The van der Waals surface area contributed by atoms with Crippen LogP contribution in [0.3, 0.4) is 0 Å². The Morgan fingerprint density at radius 2 is 0.881 bits per heavy atom. The van der Waals surface area contributed by atoms with Gasteiger partial charge in [0.25, 0.3) is 0 Å². The summed E-state index contributed by atoms with van der Waals surface area (Å²) in [5.41, 5.74) is 6.03. The zero-order valence-corrected chi connectivity index (χ0v) is 31.2. The first kappa shape index (κ1) is 26.9. The molecule has 0 amide bonds. The van der Waals surface area contributed by atoms with Gasteiger partial charge >= 0.3 is 0 Å². The van der Waals surface area contributed by atoms with Crippen LogP contribution in [0.25, 0.3) is 82.2 Å². The first-order valence-electron chi connectivity index (χ1n) is 12.8. The van der Waals surface area contributed by atoms with Crippen LogP contribution in [0.1, 0.15) is 11.1 Å².